The molecule has 2 aromatic heterocycles. The molecule has 1 aromatic carbocycles. The Kier molecular flexibility index (Phi) is 14.4. The molecule has 0 radical (unpaired) electrons. The first-order valence-corrected chi connectivity index (χ1v) is 24.9. The first-order valence-electron chi connectivity index (χ1n) is 22.2. The van der Waals surface area contributed by atoms with E-state index in [1.165, 1.54) is 23.3 Å². The van der Waals surface area contributed by atoms with Crippen LogP contribution in [-0.4, -0.2) is 89.9 Å². The summed E-state index contributed by atoms with van der Waals surface area (Å²) < 4.78 is 52.1. The number of amides is 2. The van der Waals surface area contributed by atoms with Crippen LogP contribution in [0.2, 0.25) is 5.02 Å². The molecule has 6 rings (SSSR count). The lowest BCUT2D eigenvalue weighted by molar-refractivity contribution is -0.161. The summed E-state index contributed by atoms with van der Waals surface area (Å²) >= 11 is 8.30. The van der Waals surface area contributed by atoms with Crippen LogP contribution in [-0.2, 0) is 38.4 Å². The Morgan fingerprint density at radius 1 is 1.03 bits per heavy atom. The molecule has 2 saturated carbocycles. The molecule has 1 aliphatic heterocycles. The van der Waals surface area contributed by atoms with E-state index in [1.807, 2.05) is 53.8 Å². The van der Waals surface area contributed by atoms with E-state index in [4.69, 9.17) is 40.0 Å². The molecule has 64 heavy (non-hydrogen) atoms. The molecule has 0 spiro atoms. The van der Waals surface area contributed by atoms with Crippen LogP contribution >= 0.6 is 22.9 Å². The van der Waals surface area contributed by atoms with Gasteiger partial charge >= 0.3 is 16.3 Å². The van der Waals surface area contributed by atoms with E-state index in [0.29, 0.717) is 71.0 Å². The van der Waals surface area contributed by atoms with Crippen molar-refractivity contribution >= 4 is 72.8 Å². The molecule has 2 aliphatic carbocycles. The van der Waals surface area contributed by atoms with Gasteiger partial charge < -0.3 is 24.4 Å². The summed E-state index contributed by atoms with van der Waals surface area (Å²) in [5.74, 6) is -2.58. The highest BCUT2D eigenvalue weighted by atomic mass is 35.5. The van der Waals surface area contributed by atoms with E-state index in [1.54, 1.807) is 39.0 Å². The van der Waals surface area contributed by atoms with Crippen LogP contribution in [0.3, 0.4) is 0 Å². The van der Waals surface area contributed by atoms with Crippen LogP contribution in [0.25, 0.3) is 22.3 Å². The van der Waals surface area contributed by atoms with Crippen LogP contribution in [0, 0.1) is 22.7 Å². The third-order valence-corrected chi connectivity index (χ3v) is 14.4. The smallest absolute Gasteiger partial charge is 0.362 e. The van der Waals surface area contributed by atoms with E-state index < -0.39 is 74.0 Å². The summed E-state index contributed by atoms with van der Waals surface area (Å²) in [7, 11) is -2.96. The van der Waals surface area contributed by atoms with Crippen molar-refractivity contribution in [3.05, 3.63) is 28.6 Å². The van der Waals surface area contributed by atoms with Gasteiger partial charge in [-0.05, 0) is 83.8 Å². The topological polar surface area (TPSA) is 192 Å². The standard InChI is InChI=1S/C46H64ClN5O10S2/c1-12-16-45(17-18-45)62-64(57,58)51-41(56)46(22-27(46)13-2)23-34(53)33-19-28(24-52(33)40(55)30(43(5,6)7)20-37(54)61-44(8,9)10)60-36-21-31(32-25-63-42(50-32)48-26(3)4)49-39-29(36)14-15-35(59-11)38(39)47/h14-15,21,25-28,30,33H,12-13,16-20,22-24H2,1-11H3,(H,48,50)(H,51,56)/t27-,28-,30-,33+,46-/m1/s1. The first-order chi connectivity index (χ1) is 29.8. The van der Waals surface area contributed by atoms with Gasteiger partial charge in [-0.2, -0.15) is 8.42 Å². The lowest BCUT2D eigenvalue weighted by atomic mass is 9.77. The quantitative estimate of drug-likeness (QED) is 0.109. The van der Waals surface area contributed by atoms with E-state index in [0.717, 1.165) is 6.42 Å². The number of hydrogen-bond acceptors (Lipinski definition) is 14. The van der Waals surface area contributed by atoms with Crippen molar-refractivity contribution in [2.75, 3.05) is 19.0 Å². The predicted molar refractivity (Wildman–Crippen MR) is 247 cm³/mol. The van der Waals surface area contributed by atoms with Gasteiger partial charge in [-0.3, -0.25) is 19.2 Å². The number of anilines is 1. The number of thiazole rings is 1. The molecular formula is C46H64ClN5O10S2. The molecule has 352 valence electrons. The van der Waals surface area contributed by atoms with Gasteiger partial charge in [0.1, 0.15) is 33.9 Å². The van der Waals surface area contributed by atoms with Crippen molar-refractivity contribution in [1.82, 2.24) is 19.6 Å². The van der Waals surface area contributed by atoms with Gasteiger partial charge in [0.05, 0.1) is 54.3 Å². The fourth-order valence-corrected chi connectivity index (χ4v) is 11.1. The van der Waals surface area contributed by atoms with Crippen molar-refractivity contribution in [3.8, 4) is 22.9 Å². The lowest BCUT2D eigenvalue weighted by Gasteiger charge is -2.35. The van der Waals surface area contributed by atoms with Crippen molar-refractivity contribution < 1.29 is 46.0 Å². The van der Waals surface area contributed by atoms with Crippen molar-refractivity contribution in [2.45, 2.75) is 156 Å². The van der Waals surface area contributed by atoms with Crippen LogP contribution in [0.4, 0.5) is 5.13 Å². The minimum atomic E-state index is -4.47. The number of carbonyl (C=O) groups excluding carboxylic acids is 4. The van der Waals surface area contributed by atoms with E-state index in [-0.39, 0.29) is 42.8 Å². The Hall–Kier alpha value is -4.06. The Balaban J connectivity index is 1.35. The average Bonchev–Trinajstić information content (AvgIpc) is 3.97. The van der Waals surface area contributed by atoms with Crippen molar-refractivity contribution in [3.63, 3.8) is 0 Å². The summed E-state index contributed by atoms with van der Waals surface area (Å²) in [6.45, 7) is 18.6. The number of rotatable bonds is 19. The highest BCUT2D eigenvalue weighted by Crippen LogP contribution is 2.58. The Morgan fingerprint density at radius 2 is 1.73 bits per heavy atom. The molecular weight excluding hydrogens is 882 g/mol. The molecule has 0 unspecified atom stereocenters. The third kappa shape index (κ3) is 11.3. The molecule has 2 N–H and O–H groups in total. The number of nitrogens with zero attached hydrogens (tertiary/aromatic N) is 3. The number of ether oxygens (including phenoxy) is 3. The summed E-state index contributed by atoms with van der Waals surface area (Å²) in [5.41, 5.74) is -2.21. The molecule has 3 fully saturated rings. The molecule has 5 atom stereocenters. The van der Waals surface area contributed by atoms with Gasteiger partial charge in [0.2, 0.25) is 11.8 Å². The molecule has 3 aliphatic rings. The van der Waals surface area contributed by atoms with Crippen molar-refractivity contribution in [2.24, 2.45) is 22.7 Å². The number of nitrogens with one attached hydrogen (secondary N) is 2. The number of pyridine rings is 1. The Bertz CT molecular complexity index is 2370. The van der Waals surface area contributed by atoms with E-state index in [9.17, 15) is 27.6 Å². The highest BCUT2D eigenvalue weighted by molar-refractivity contribution is 7.85. The number of carbonyl (C=O) groups is 4. The summed E-state index contributed by atoms with van der Waals surface area (Å²) in [6.07, 6.45) is 2.00. The second-order valence-electron chi connectivity index (χ2n) is 20.0. The Labute approximate surface area is 386 Å². The van der Waals surface area contributed by atoms with Gasteiger partial charge in [-0.15, -0.1) is 11.3 Å². The number of Topliss-reactive ketones (excluding diaryl/α,β-unsaturated/α-hetero) is 1. The molecule has 1 saturated heterocycles. The molecule has 3 heterocycles. The van der Waals surface area contributed by atoms with Gasteiger partial charge in [0.25, 0.3) is 0 Å². The summed E-state index contributed by atoms with van der Waals surface area (Å²) in [5, 5.41) is 6.71. The highest BCUT2D eigenvalue weighted by Gasteiger charge is 2.62. The first kappa shape index (κ1) is 49.4. The van der Waals surface area contributed by atoms with Gasteiger partial charge in [-0.25, -0.2) is 18.9 Å². The Morgan fingerprint density at radius 3 is 2.31 bits per heavy atom. The summed E-state index contributed by atoms with van der Waals surface area (Å²) in [6, 6.07) is 4.32. The molecule has 15 nitrogen and oxygen atoms in total. The average molecular weight is 947 g/mol. The minimum Gasteiger partial charge on any atom is -0.495 e. The second-order valence-corrected chi connectivity index (χ2v) is 22.5. The monoisotopic (exact) mass is 945 g/mol. The van der Waals surface area contributed by atoms with Gasteiger partial charge in [0.15, 0.2) is 10.9 Å². The van der Waals surface area contributed by atoms with Crippen LogP contribution in [0.15, 0.2) is 23.6 Å². The van der Waals surface area contributed by atoms with E-state index in [2.05, 4.69) is 10.0 Å². The molecule has 0 bridgehead atoms. The zero-order chi connectivity index (χ0) is 47.2. The third-order valence-electron chi connectivity index (χ3n) is 12.3. The number of ketones is 1. The molecule has 3 aromatic rings. The van der Waals surface area contributed by atoms with Gasteiger partial charge in [0, 0.05) is 35.7 Å². The van der Waals surface area contributed by atoms with Crippen LogP contribution in [0.5, 0.6) is 11.5 Å². The number of halogens is 1. The van der Waals surface area contributed by atoms with E-state index >= 15 is 0 Å². The SMILES string of the molecule is CCCC1(OS(=O)(=O)NC(=O)[C@@]2(CC(=O)[C@@H]3C[C@@H](Oc4cc(-c5csc(NC(C)C)n5)nc5c(Cl)c(OC)ccc45)CN3C(=O)[C@@H](CC(=O)OC(C)(C)C)C(C)(C)C)C[C@H]2CC)CC1. The number of esters is 1. The lowest BCUT2D eigenvalue weighted by Crippen LogP contribution is -2.49. The number of hydrogen-bond donors (Lipinski definition) is 2. The maximum atomic E-state index is 14.9. The van der Waals surface area contributed by atoms with Crippen LogP contribution in [0.1, 0.15) is 127 Å². The largest absolute Gasteiger partial charge is 0.495 e. The predicted octanol–water partition coefficient (Wildman–Crippen LogP) is 8.67. The zero-order valence-electron chi connectivity index (χ0n) is 38.9. The fourth-order valence-electron chi connectivity index (χ4n) is 8.78. The van der Waals surface area contributed by atoms with Gasteiger partial charge in [-0.1, -0.05) is 59.1 Å². The number of benzene rings is 1. The molecule has 18 heteroatoms. The van der Waals surface area contributed by atoms with Crippen LogP contribution < -0.4 is 19.5 Å². The summed E-state index contributed by atoms with van der Waals surface area (Å²) in [4.78, 5) is 68.2. The maximum absolute atomic E-state index is 14.9. The fraction of sp³-hybridized carbons (Fsp3) is 0.652. The zero-order valence-corrected chi connectivity index (χ0v) is 41.3. The minimum absolute atomic E-state index is 0.0313. The maximum Gasteiger partial charge on any atom is 0.362 e. The number of aromatic nitrogens is 2. The number of methoxy groups -OCH3 is 1. The number of fused-ring (bicyclic) bond motifs is 1. The second kappa shape index (κ2) is 18.7. The molecule has 2 amide bonds. The normalized spacial score (nSPS) is 22.3. The number of likely N-dealkylation sites (tertiary alicyclic amines) is 1. The van der Waals surface area contributed by atoms with Crippen molar-refractivity contribution in [1.29, 1.82) is 0 Å².